The molecule has 0 fully saturated rings. The summed E-state index contributed by atoms with van der Waals surface area (Å²) in [5.74, 6) is -1.91. The Labute approximate surface area is 151 Å². The lowest BCUT2D eigenvalue weighted by Gasteiger charge is -2.16. The van der Waals surface area contributed by atoms with E-state index in [1.165, 1.54) is 16.7 Å². The first-order chi connectivity index (χ1) is 12.3. The number of benzene rings is 1. The number of anilines is 1. The molecule has 0 saturated heterocycles. The number of carboxylic acids is 2. The molecule has 1 heterocycles. The van der Waals surface area contributed by atoms with Gasteiger partial charge in [0, 0.05) is 12.2 Å². The third-order valence-electron chi connectivity index (χ3n) is 3.74. The van der Waals surface area contributed by atoms with Gasteiger partial charge in [-0.05, 0) is 60.2 Å². The smallest absolute Gasteiger partial charge is 0.328 e. The molecule has 26 heavy (non-hydrogen) atoms. The molecule has 0 atom stereocenters. The Morgan fingerprint density at radius 1 is 1.08 bits per heavy atom. The second kappa shape index (κ2) is 8.62. The van der Waals surface area contributed by atoms with Crippen molar-refractivity contribution in [2.45, 2.75) is 19.8 Å². The summed E-state index contributed by atoms with van der Waals surface area (Å²) in [6.07, 6.45) is 5.47. The van der Waals surface area contributed by atoms with E-state index in [-0.39, 0.29) is 0 Å². The molecule has 0 bridgehead atoms. The zero-order valence-corrected chi connectivity index (χ0v) is 14.3. The van der Waals surface area contributed by atoms with Crippen LogP contribution in [-0.2, 0) is 16.0 Å². The number of rotatable bonds is 3. The van der Waals surface area contributed by atoms with E-state index in [4.69, 9.17) is 15.9 Å². The standard InChI is InChI=1S/C16H16N2.C4H4O4/c1-11-8-15(18-16(17)9-11)14-7-6-12-4-2-3-5-13(12)10-14;5-3(6)1-2-4(7)8/h2-5,8-10H,6-7H2,1H3,(H2,17,18);1-2H,(H,5,6)(H,7,8)/b;2-1+. The zero-order chi connectivity index (χ0) is 19.1. The van der Waals surface area contributed by atoms with Crippen LogP contribution in [0.4, 0.5) is 5.82 Å². The summed E-state index contributed by atoms with van der Waals surface area (Å²) in [5.41, 5.74) is 12.0. The summed E-state index contributed by atoms with van der Waals surface area (Å²) < 4.78 is 0. The highest BCUT2D eigenvalue weighted by Gasteiger charge is 2.12. The zero-order valence-electron chi connectivity index (χ0n) is 14.3. The van der Waals surface area contributed by atoms with Crippen molar-refractivity contribution in [2.75, 3.05) is 5.73 Å². The van der Waals surface area contributed by atoms with Crippen LogP contribution >= 0.6 is 0 Å². The fourth-order valence-corrected chi connectivity index (χ4v) is 2.64. The minimum atomic E-state index is -1.26. The van der Waals surface area contributed by atoms with Crippen LogP contribution < -0.4 is 5.73 Å². The van der Waals surface area contributed by atoms with Gasteiger partial charge in [-0.3, -0.25) is 0 Å². The van der Waals surface area contributed by atoms with Gasteiger partial charge in [0.05, 0.1) is 5.69 Å². The summed E-state index contributed by atoms with van der Waals surface area (Å²) in [6, 6.07) is 12.5. The maximum Gasteiger partial charge on any atom is 0.328 e. The monoisotopic (exact) mass is 352 g/mol. The third-order valence-corrected chi connectivity index (χ3v) is 3.74. The van der Waals surface area contributed by atoms with E-state index in [2.05, 4.69) is 48.3 Å². The van der Waals surface area contributed by atoms with Gasteiger partial charge in [-0.1, -0.05) is 24.3 Å². The summed E-state index contributed by atoms with van der Waals surface area (Å²) in [7, 11) is 0. The molecule has 6 heteroatoms. The van der Waals surface area contributed by atoms with Crippen molar-refractivity contribution in [1.29, 1.82) is 0 Å². The Hall–Kier alpha value is -3.41. The molecule has 0 spiro atoms. The molecule has 0 radical (unpaired) electrons. The Kier molecular flexibility index (Phi) is 6.27. The average molecular weight is 352 g/mol. The number of carbonyl (C=O) groups is 2. The lowest BCUT2D eigenvalue weighted by atomic mass is 9.90. The van der Waals surface area contributed by atoms with E-state index >= 15 is 0 Å². The maximum atomic E-state index is 9.55. The van der Waals surface area contributed by atoms with Gasteiger partial charge in [-0.2, -0.15) is 0 Å². The van der Waals surface area contributed by atoms with Crippen LogP contribution in [0.15, 0.2) is 48.6 Å². The number of fused-ring (bicyclic) bond motifs is 1. The van der Waals surface area contributed by atoms with Crippen molar-refractivity contribution in [2.24, 2.45) is 0 Å². The third kappa shape index (κ3) is 5.59. The molecule has 6 nitrogen and oxygen atoms in total. The molecular formula is C20H20N2O4. The van der Waals surface area contributed by atoms with Gasteiger partial charge in [-0.15, -0.1) is 0 Å². The number of nitrogens with two attached hydrogens (primary N) is 1. The molecule has 2 aromatic rings. The SMILES string of the molecule is Cc1cc(N)nc(C2=Cc3ccccc3CC2)c1.O=C(O)/C=C/C(=O)O. The van der Waals surface area contributed by atoms with Crippen LogP contribution in [0.25, 0.3) is 11.6 Å². The predicted molar refractivity (Wildman–Crippen MR) is 100 cm³/mol. The Morgan fingerprint density at radius 3 is 2.35 bits per heavy atom. The second-order valence-corrected chi connectivity index (χ2v) is 5.83. The highest BCUT2D eigenvalue weighted by Crippen LogP contribution is 2.29. The van der Waals surface area contributed by atoms with Crippen LogP contribution in [0.3, 0.4) is 0 Å². The molecule has 0 unspecified atom stereocenters. The number of carboxylic acid groups (broad SMARTS) is 2. The molecule has 3 rings (SSSR count). The van der Waals surface area contributed by atoms with E-state index in [9.17, 15) is 9.59 Å². The quantitative estimate of drug-likeness (QED) is 0.731. The summed E-state index contributed by atoms with van der Waals surface area (Å²) >= 11 is 0. The molecule has 0 aliphatic heterocycles. The van der Waals surface area contributed by atoms with Gasteiger partial charge in [0.15, 0.2) is 0 Å². The van der Waals surface area contributed by atoms with Crippen molar-refractivity contribution >= 4 is 29.4 Å². The first-order valence-electron chi connectivity index (χ1n) is 8.02. The molecular weight excluding hydrogens is 332 g/mol. The Morgan fingerprint density at radius 2 is 1.73 bits per heavy atom. The minimum Gasteiger partial charge on any atom is -0.478 e. The minimum absolute atomic E-state index is 0.558. The summed E-state index contributed by atoms with van der Waals surface area (Å²) in [5, 5.41) is 15.6. The molecule has 1 aliphatic rings. The molecule has 1 aromatic heterocycles. The number of hydrogen-bond acceptors (Lipinski definition) is 4. The highest BCUT2D eigenvalue weighted by molar-refractivity contribution is 5.89. The van der Waals surface area contributed by atoms with Gasteiger partial charge >= 0.3 is 11.9 Å². The van der Waals surface area contributed by atoms with Crippen LogP contribution in [0.1, 0.15) is 28.8 Å². The van der Waals surface area contributed by atoms with Crippen LogP contribution in [0.2, 0.25) is 0 Å². The number of aliphatic carboxylic acids is 2. The largest absolute Gasteiger partial charge is 0.478 e. The molecule has 0 saturated carbocycles. The van der Waals surface area contributed by atoms with E-state index in [0.717, 1.165) is 24.1 Å². The van der Waals surface area contributed by atoms with Crippen molar-refractivity contribution in [3.05, 3.63) is 70.9 Å². The fourth-order valence-electron chi connectivity index (χ4n) is 2.64. The van der Waals surface area contributed by atoms with Crippen LogP contribution in [0.5, 0.6) is 0 Å². The van der Waals surface area contributed by atoms with E-state index in [1.54, 1.807) is 0 Å². The number of hydrogen-bond donors (Lipinski definition) is 3. The van der Waals surface area contributed by atoms with Gasteiger partial charge in [0.25, 0.3) is 0 Å². The summed E-state index contributed by atoms with van der Waals surface area (Å²) in [4.78, 5) is 23.5. The van der Waals surface area contributed by atoms with Gasteiger partial charge in [-0.25, -0.2) is 14.6 Å². The molecule has 4 N–H and O–H groups in total. The molecule has 134 valence electrons. The predicted octanol–water partition coefficient (Wildman–Crippen LogP) is 3.17. The van der Waals surface area contributed by atoms with Gasteiger partial charge in [0.2, 0.25) is 0 Å². The van der Waals surface area contributed by atoms with Crippen molar-refractivity contribution < 1.29 is 19.8 Å². The van der Waals surface area contributed by atoms with Crippen LogP contribution in [-0.4, -0.2) is 27.1 Å². The topological polar surface area (TPSA) is 114 Å². The Balaban J connectivity index is 0.000000260. The first kappa shape index (κ1) is 18.9. The Bertz CT molecular complexity index is 849. The van der Waals surface area contributed by atoms with Crippen LogP contribution in [0, 0.1) is 6.92 Å². The van der Waals surface area contributed by atoms with Gasteiger partial charge in [0.1, 0.15) is 5.82 Å². The summed E-state index contributed by atoms with van der Waals surface area (Å²) in [6.45, 7) is 2.05. The number of nitrogen functional groups attached to an aromatic ring is 1. The van der Waals surface area contributed by atoms with Crippen molar-refractivity contribution in [3.8, 4) is 0 Å². The van der Waals surface area contributed by atoms with E-state index < -0.39 is 11.9 Å². The van der Waals surface area contributed by atoms with Crippen molar-refractivity contribution in [3.63, 3.8) is 0 Å². The molecule has 1 aliphatic carbocycles. The average Bonchev–Trinajstić information content (AvgIpc) is 2.59. The second-order valence-electron chi connectivity index (χ2n) is 5.83. The number of pyridine rings is 1. The molecule has 0 amide bonds. The van der Waals surface area contributed by atoms with Gasteiger partial charge < -0.3 is 15.9 Å². The lowest BCUT2D eigenvalue weighted by Crippen LogP contribution is -2.02. The van der Waals surface area contributed by atoms with E-state index in [0.29, 0.717) is 18.0 Å². The number of aryl methyl sites for hydroxylation is 2. The number of aromatic nitrogens is 1. The first-order valence-corrected chi connectivity index (χ1v) is 8.02. The maximum absolute atomic E-state index is 9.55. The lowest BCUT2D eigenvalue weighted by molar-refractivity contribution is -0.134. The number of allylic oxidation sites excluding steroid dienone is 1. The number of nitrogens with zero attached hydrogens (tertiary/aromatic N) is 1. The molecule has 1 aromatic carbocycles. The highest BCUT2D eigenvalue weighted by atomic mass is 16.4. The van der Waals surface area contributed by atoms with E-state index in [1.807, 2.05) is 6.07 Å². The normalized spacial score (nSPS) is 12.6. The fraction of sp³-hybridized carbons (Fsp3) is 0.150. The van der Waals surface area contributed by atoms with Crippen molar-refractivity contribution in [1.82, 2.24) is 4.98 Å².